The highest BCUT2D eigenvalue weighted by molar-refractivity contribution is 5.77. The molecule has 158 valence electrons. The number of nitrogens with zero attached hydrogens (tertiary/aromatic N) is 2. The first kappa shape index (κ1) is 21.4. The Balaban J connectivity index is 1.65. The van der Waals surface area contributed by atoms with Crippen LogP contribution in [0.5, 0.6) is 0 Å². The minimum atomic E-state index is -1.46. The topological polar surface area (TPSA) is 49.3 Å². The molecule has 0 saturated carbocycles. The van der Waals surface area contributed by atoms with Crippen LogP contribution in [0.2, 0.25) is 0 Å². The number of carbonyl (C=O) groups excluding carboxylic acids is 1. The Bertz CT molecular complexity index is 889. The summed E-state index contributed by atoms with van der Waals surface area (Å²) in [5, 5.41) is 6.16. The monoisotopic (exact) mass is 408 g/mol. The molecule has 1 aromatic heterocycles. The second-order valence-corrected chi connectivity index (χ2v) is 7.53. The molecule has 1 aromatic carbocycles. The van der Waals surface area contributed by atoms with Crippen LogP contribution in [-0.4, -0.2) is 48.1 Å². The molecule has 1 aliphatic heterocycles. The molecule has 1 amide bonds. The van der Waals surface area contributed by atoms with Crippen molar-refractivity contribution in [3.05, 3.63) is 52.6 Å². The molecule has 1 fully saturated rings. The summed E-state index contributed by atoms with van der Waals surface area (Å²) in [6.07, 6.45) is 1.88. The van der Waals surface area contributed by atoms with Gasteiger partial charge in [0.1, 0.15) is 0 Å². The van der Waals surface area contributed by atoms with Crippen molar-refractivity contribution in [1.29, 1.82) is 0 Å². The fourth-order valence-electron chi connectivity index (χ4n) is 3.90. The average Bonchev–Trinajstić information content (AvgIpc) is 2.99. The minimum Gasteiger partial charge on any atom is -0.358 e. The van der Waals surface area contributed by atoms with Crippen molar-refractivity contribution in [2.24, 2.45) is 0 Å². The fraction of sp³-hybridized carbons (Fsp3) is 0.476. The van der Waals surface area contributed by atoms with Crippen molar-refractivity contribution < 1.29 is 18.0 Å². The van der Waals surface area contributed by atoms with E-state index in [9.17, 15) is 18.0 Å². The molecule has 2 heterocycles. The van der Waals surface area contributed by atoms with Crippen molar-refractivity contribution in [2.45, 2.75) is 39.3 Å². The van der Waals surface area contributed by atoms with Crippen molar-refractivity contribution >= 4 is 5.91 Å². The molecule has 0 unspecified atom stereocenters. The molecule has 0 radical (unpaired) electrons. The quantitative estimate of drug-likeness (QED) is 0.723. The van der Waals surface area contributed by atoms with E-state index < -0.39 is 17.5 Å². The Morgan fingerprint density at radius 1 is 1.14 bits per heavy atom. The first-order valence-electron chi connectivity index (χ1n) is 9.79. The molecule has 1 saturated heterocycles. The second kappa shape index (κ2) is 9.00. The van der Waals surface area contributed by atoms with Gasteiger partial charge in [-0.2, -0.15) is 0 Å². The summed E-state index contributed by atoms with van der Waals surface area (Å²) in [5.41, 5.74) is 2.54. The molecule has 1 aliphatic rings. The Kier molecular flexibility index (Phi) is 6.64. The maximum Gasteiger partial charge on any atom is 0.233 e. The number of amides is 1. The number of benzene rings is 1. The van der Waals surface area contributed by atoms with Gasteiger partial charge in [0.15, 0.2) is 17.5 Å². The van der Waals surface area contributed by atoms with Crippen LogP contribution in [0.15, 0.2) is 18.2 Å². The molecule has 0 bridgehead atoms. The van der Waals surface area contributed by atoms with Crippen molar-refractivity contribution in [3.63, 3.8) is 0 Å². The third-order valence-corrected chi connectivity index (χ3v) is 5.61. The van der Waals surface area contributed by atoms with Gasteiger partial charge in [-0.15, -0.1) is 0 Å². The fourth-order valence-corrected chi connectivity index (χ4v) is 3.90. The Labute approximate surface area is 168 Å². The van der Waals surface area contributed by atoms with Gasteiger partial charge >= 0.3 is 0 Å². The number of piperidine rings is 1. The standard InChI is InChI=1S/C21H27F3N4O/c1-13-10-15(11-26-16-6-8-27(9-7-16)12-19(29)25-3)14(2)28(13)18-5-4-17(22)20(23)21(18)24/h4-5,10,16,26H,6-9,11-12H2,1-3H3,(H,25,29). The zero-order valence-corrected chi connectivity index (χ0v) is 17.0. The van der Waals surface area contributed by atoms with Crippen LogP contribution in [-0.2, 0) is 11.3 Å². The largest absolute Gasteiger partial charge is 0.358 e. The number of aryl methyl sites for hydroxylation is 1. The van der Waals surface area contributed by atoms with Gasteiger partial charge in [0.2, 0.25) is 5.91 Å². The first-order valence-corrected chi connectivity index (χ1v) is 9.79. The Morgan fingerprint density at radius 3 is 2.48 bits per heavy atom. The predicted molar refractivity (Wildman–Crippen MR) is 105 cm³/mol. The van der Waals surface area contributed by atoms with E-state index in [1.807, 2.05) is 19.9 Å². The van der Waals surface area contributed by atoms with Gasteiger partial charge in [-0.3, -0.25) is 9.69 Å². The van der Waals surface area contributed by atoms with Crippen LogP contribution in [0, 0.1) is 31.3 Å². The van der Waals surface area contributed by atoms with Gasteiger partial charge in [0.05, 0.1) is 12.2 Å². The third kappa shape index (κ3) is 4.64. The number of hydrogen-bond acceptors (Lipinski definition) is 3. The van der Waals surface area contributed by atoms with E-state index in [4.69, 9.17) is 0 Å². The minimum absolute atomic E-state index is 0.00709. The number of rotatable bonds is 6. The maximum atomic E-state index is 14.3. The lowest BCUT2D eigenvalue weighted by atomic mass is 10.0. The van der Waals surface area contributed by atoms with Gasteiger partial charge in [0.25, 0.3) is 0 Å². The summed E-state index contributed by atoms with van der Waals surface area (Å²) < 4.78 is 42.8. The zero-order chi connectivity index (χ0) is 21.1. The van der Waals surface area contributed by atoms with Crippen molar-refractivity contribution in [3.8, 4) is 5.69 Å². The summed E-state index contributed by atoms with van der Waals surface area (Å²) >= 11 is 0. The lowest BCUT2D eigenvalue weighted by Gasteiger charge is -2.31. The van der Waals surface area contributed by atoms with E-state index in [0.29, 0.717) is 19.1 Å². The van der Waals surface area contributed by atoms with Gasteiger partial charge in [-0.1, -0.05) is 0 Å². The second-order valence-electron chi connectivity index (χ2n) is 7.53. The number of halogens is 3. The normalized spacial score (nSPS) is 15.7. The van der Waals surface area contributed by atoms with Gasteiger partial charge < -0.3 is 15.2 Å². The van der Waals surface area contributed by atoms with E-state index in [0.717, 1.165) is 48.9 Å². The zero-order valence-electron chi connectivity index (χ0n) is 17.0. The molecular formula is C21H27F3N4O. The summed E-state index contributed by atoms with van der Waals surface area (Å²) in [4.78, 5) is 13.6. The smallest absolute Gasteiger partial charge is 0.233 e. The highest BCUT2D eigenvalue weighted by Crippen LogP contribution is 2.25. The molecule has 5 nitrogen and oxygen atoms in total. The average molecular weight is 408 g/mol. The lowest BCUT2D eigenvalue weighted by Crippen LogP contribution is -2.45. The Morgan fingerprint density at radius 2 is 1.83 bits per heavy atom. The van der Waals surface area contributed by atoms with Crippen LogP contribution in [0.1, 0.15) is 29.8 Å². The number of nitrogens with one attached hydrogen (secondary N) is 2. The number of aromatic nitrogens is 1. The molecule has 0 aliphatic carbocycles. The van der Waals surface area contributed by atoms with Crippen LogP contribution in [0.3, 0.4) is 0 Å². The van der Waals surface area contributed by atoms with Gasteiger partial charge in [-0.25, -0.2) is 13.2 Å². The third-order valence-electron chi connectivity index (χ3n) is 5.61. The molecule has 2 N–H and O–H groups in total. The van der Waals surface area contributed by atoms with E-state index in [1.165, 1.54) is 6.07 Å². The maximum absolute atomic E-state index is 14.3. The van der Waals surface area contributed by atoms with Crippen LogP contribution in [0.25, 0.3) is 5.69 Å². The first-order chi connectivity index (χ1) is 13.8. The molecule has 0 spiro atoms. The van der Waals surface area contributed by atoms with E-state index in [1.54, 1.807) is 11.6 Å². The summed E-state index contributed by atoms with van der Waals surface area (Å²) in [6.45, 7) is 6.38. The number of likely N-dealkylation sites (N-methyl/N-ethyl adjacent to an activating group) is 1. The highest BCUT2D eigenvalue weighted by atomic mass is 19.2. The van der Waals surface area contributed by atoms with Crippen molar-refractivity contribution in [2.75, 3.05) is 26.7 Å². The highest BCUT2D eigenvalue weighted by Gasteiger charge is 2.22. The number of carbonyl (C=O) groups is 1. The molecule has 3 rings (SSSR count). The predicted octanol–water partition coefficient (Wildman–Crippen LogP) is 2.81. The van der Waals surface area contributed by atoms with Crippen LogP contribution in [0.4, 0.5) is 13.2 Å². The van der Waals surface area contributed by atoms with Crippen molar-refractivity contribution in [1.82, 2.24) is 20.1 Å². The number of hydrogen-bond donors (Lipinski definition) is 2. The molecule has 0 atom stereocenters. The van der Waals surface area contributed by atoms with Crippen LogP contribution >= 0.6 is 0 Å². The summed E-state index contributed by atoms with van der Waals surface area (Å²) in [7, 11) is 1.64. The SMILES string of the molecule is CNC(=O)CN1CCC(NCc2cc(C)n(-c3ccc(F)c(F)c3F)c2C)CC1. The summed E-state index contributed by atoms with van der Waals surface area (Å²) in [6, 6.07) is 4.47. The lowest BCUT2D eigenvalue weighted by molar-refractivity contribution is -0.122. The molecule has 2 aromatic rings. The summed E-state index contributed by atoms with van der Waals surface area (Å²) in [5.74, 6) is -3.82. The molecule has 8 heteroatoms. The van der Waals surface area contributed by atoms with E-state index in [-0.39, 0.29) is 11.6 Å². The Hall–Kier alpha value is -2.32. The van der Waals surface area contributed by atoms with E-state index in [2.05, 4.69) is 15.5 Å². The van der Waals surface area contributed by atoms with Gasteiger partial charge in [-0.05, 0) is 50.5 Å². The molecular weight excluding hydrogens is 381 g/mol. The molecule has 29 heavy (non-hydrogen) atoms. The van der Waals surface area contributed by atoms with E-state index >= 15 is 0 Å². The van der Waals surface area contributed by atoms with Crippen LogP contribution < -0.4 is 10.6 Å². The number of likely N-dealkylation sites (tertiary alicyclic amines) is 1. The van der Waals surface area contributed by atoms with Gasteiger partial charge in [0, 0.05) is 44.1 Å².